The third-order valence-corrected chi connectivity index (χ3v) is 8.87. The molecular formula is C22H34ClFN4O3. The second-order valence-corrected chi connectivity index (χ2v) is 10.9. The minimum absolute atomic E-state index is 0.114. The first-order valence-electron chi connectivity index (χ1n) is 12.0. The molecule has 31 heavy (non-hydrogen) atoms. The van der Waals surface area contributed by atoms with Crippen LogP contribution in [0, 0.1) is 17.8 Å². The summed E-state index contributed by atoms with van der Waals surface area (Å²) in [5.74, 6) is -0.258. The number of nitrogens with one attached hydrogen (secondary N) is 2. The van der Waals surface area contributed by atoms with Gasteiger partial charge in [-0.15, -0.1) is 11.6 Å². The van der Waals surface area contributed by atoms with E-state index in [-0.39, 0.29) is 35.2 Å². The molecule has 7 atom stereocenters. The third kappa shape index (κ3) is 4.09. The van der Waals surface area contributed by atoms with Crippen molar-refractivity contribution in [3.05, 3.63) is 0 Å². The summed E-state index contributed by atoms with van der Waals surface area (Å²) < 4.78 is 15.2. The third-order valence-electron chi connectivity index (χ3n) is 8.38. The molecule has 3 aliphatic carbocycles. The fourth-order valence-electron chi connectivity index (χ4n) is 6.28. The van der Waals surface area contributed by atoms with E-state index in [1.54, 1.807) is 9.80 Å². The number of aliphatic hydroxyl groups is 1. The number of hydrazine groups is 1. The highest BCUT2D eigenvalue weighted by atomic mass is 35.5. The van der Waals surface area contributed by atoms with Gasteiger partial charge in [0.1, 0.15) is 11.8 Å². The van der Waals surface area contributed by atoms with Crippen LogP contribution in [0.4, 0.5) is 4.39 Å². The Hall–Kier alpha value is -0.960. The number of nitrogens with zero attached hydrogens (tertiary/aromatic N) is 2. The normalized spacial score (nSPS) is 42.2. The van der Waals surface area contributed by atoms with Gasteiger partial charge in [-0.2, -0.15) is 0 Å². The van der Waals surface area contributed by atoms with E-state index in [2.05, 4.69) is 10.9 Å². The first-order valence-corrected chi connectivity index (χ1v) is 12.4. The summed E-state index contributed by atoms with van der Waals surface area (Å²) in [6.07, 6.45) is 5.01. The fraction of sp³-hybridized carbons (Fsp3) is 0.909. The monoisotopic (exact) mass is 456 g/mol. The zero-order valence-electron chi connectivity index (χ0n) is 17.9. The minimum atomic E-state index is -1.17. The van der Waals surface area contributed by atoms with Crippen LogP contribution in [0.1, 0.15) is 51.4 Å². The van der Waals surface area contributed by atoms with Crippen LogP contribution in [-0.2, 0) is 9.59 Å². The van der Waals surface area contributed by atoms with Crippen LogP contribution in [0.25, 0.3) is 0 Å². The van der Waals surface area contributed by atoms with E-state index in [1.807, 2.05) is 0 Å². The largest absolute Gasteiger partial charge is 0.380 e. The number of alkyl halides is 2. The molecule has 7 nitrogen and oxygen atoms in total. The van der Waals surface area contributed by atoms with Crippen LogP contribution in [0.3, 0.4) is 0 Å². The van der Waals surface area contributed by atoms with E-state index in [9.17, 15) is 14.7 Å². The van der Waals surface area contributed by atoms with Gasteiger partial charge < -0.3 is 14.9 Å². The molecule has 5 fully saturated rings. The molecule has 0 aromatic carbocycles. The number of piperazine rings is 1. The van der Waals surface area contributed by atoms with Gasteiger partial charge in [0.05, 0.1) is 11.3 Å². The molecule has 174 valence electrons. The van der Waals surface area contributed by atoms with Gasteiger partial charge >= 0.3 is 0 Å². The highest BCUT2D eigenvalue weighted by Gasteiger charge is 2.51. The van der Waals surface area contributed by atoms with Gasteiger partial charge in [0.25, 0.3) is 5.91 Å². The molecule has 2 aliphatic heterocycles. The molecule has 2 heterocycles. The summed E-state index contributed by atoms with van der Waals surface area (Å²) in [7, 11) is 0. The van der Waals surface area contributed by atoms with Gasteiger partial charge in [-0.3, -0.25) is 20.4 Å². The van der Waals surface area contributed by atoms with E-state index in [4.69, 9.17) is 11.6 Å². The van der Waals surface area contributed by atoms with Crippen LogP contribution < -0.4 is 10.9 Å². The number of hydrogen-bond acceptors (Lipinski definition) is 5. The summed E-state index contributed by atoms with van der Waals surface area (Å²) in [5, 5.41) is 10.2. The van der Waals surface area contributed by atoms with Crippen LogP contribution in [0.15, 0.2) is 0 Å². The van der Waals surface area contributed by atoms with Crippen LogP contribution in [0.5, 0.6) is 0 Å². The van der Waals surface area contributed by atoms with E-state index in [0.717, 1.165) is 25.7 Å². The van der Waals surface area contributed by atoms with Crippen molar-refractivity contribution in [1.82, 2.24) is 20.7 Å². The Balaban J connectivity index is 1.13. The molecule has 0 bridgehead atoms. The van der Waals surface area contributed by atoms with Gasteiger partial charge in [-0.05, 0) is 56.8 Å². The standard InChI is InChI=1S/C22H34ClFN4O3/c23-16-3-1-2-15-18(25-26-19(15)16)13-4-5-14(17(24)12-13)20(29)27-8-10-28(11-9-27)21(30)22(31)6-7-22/h13-19,25-26,31H,1-12H2. The van der Waals surface area contributed by atoms with Crippen molar-refractivity contribution in [3.63, 3.8) is 0 Å². The maximum atomic E-state index is 15.2. The van der Waals surface area contributed by atoms with E-state index in [0.29, 0.717) is 57.8 Å². The lowest BCUT2D eigenvalue weighted by atomic mass is 9.70. The van der Waals surface area contributed by atoms with Crippen molar-refractivity contribution in [2.24, 2.45) is 17.8 Å². The molecule has 0 spiro atoms. The number of fused-ring (bicyclic) bond motifs is 1. The van der Waals surface area contributed by atoms with Crippen molar-refractivity contribution < 1.29 is 19.1 Å². The Labute approximate surface area is 188 Å². The van der Waals surface area contributed by atoms with Crippen molar-refractivity contribution in [1.29, 1.82) is 0 Å². The smallest absolute Gasteiger partial charge is 0.254 e. The van der Waals surface area contributed by atoms with E-state index in [1.165, 1.54) is 0 Å². The molecule has 0 radical (unpaired) electrons. The number of rotatable bonds is 3. The predicted molar refractivity (Wildman–Crippen MR) is 114 cm³/mol. The van der Waals surface area contributed by atoms with Crippen LogP contribution in [-0.4, -0.2) is 82.1 Å². The Bertz CT molecular complexity index is 715. The Morgan fingerprint density at radius 1 is 0.968 bits per heavy atom. The number of hydrogen-bond donors (Lipinski definition) is 3. The minimum Gasteiger partial charge on any atom is -0.380 e. The highest BCUT2D eigenvalue weighted by Crippen LogP contribution is 2.42. The number of carbonyl (C=O) groups is 2. The average Bonchev–Trinajstić information content (AvgIpc) is 3.37. The summed E-state index contributed by atoms with van der Waals surface area (Å²) in [5.41, 5.74) is 5.59. The van der Waals surface area contributed by atoms with Gasteiger partial charge in [0.2, 0.25) is 5.91 Å². The van der Waals surface area contributed by atoms with Gasteiger partial charge in [0, 0.05) is 38.3 Å². The zero-order chi connectivity index (χ0) is 21.8. The molecule has 7 unspecified atom stereocenters. The first-order chi connectivity index (χ1) is 14.9. The molecule has 3 N–H and O–H groups in total. The summed E-state index contributed by atoms with van der Waals surface area (Å²) in [6, 6.07) is 0.481. The van der Waals surface area contributed by atoms with Crippen molar-refractivity contribution in [2.75, 3.05) is 26.2 Å². The van der Waals surface area contributed by atoms with Crippen LogP contribution in [0.2, 0.25) is 0 Å². The van der Waals surface area contributed by atoms with Gasteiger partial charge in [0.15, 0.2) is 0 Å². The van der Waals surface area contributed by atoms with Crippen LogP contribution >= 0.6 is 11.6 Å². The lowest BCUT2D eigenvalue weighted by Gasteiger charge is -2.41. The number of halogens is 2. The Kier molecular flexibility index (Phi) is 5.95. The van der Waals surface area contributed by atoms with E-state index < -0.39 is 17.7 Å². The molecule has 2 amide bonds. The fourth-order valence-corrected chi connectivity index (χ4v) is 6.69. The maximum absolute atomic E-state index is 15.2. The molecule has 5 rings (SSSR count). The Morgan fingerprint density at radius 3 is 2.32 bits per heavy atom. The second-order valence-electron chi connectivity index (χ2n) is 10.3. The summed E-state index contributed by atoms with van der Waals surface area (Å²) >= 11 is 6.49. The van der Waals surface area contributed by atoms with Crippen molar-refractivity contribution in [3.8, 4) is 0 Å². The number of carbonyl (C=O) groups excluding carboxylic acids is 2. The predicted octanol–water partition coefficient (Wildman–Crippen LogP) is 1.19. The zero-order valence-corrected chi connectivity index (χ0v) is 18.7. The van der Waals surface area contributed by atoms with Crippen molar-refractivity contribution in [2.45, 2.75) is 80.6 Å². The highest BCUT2D eigenvalue weighted by molar-refractivity contribution is 6.21. The summed E-state index contributed by atoms with van der Waals surface area (Å²) in [4.78, 5) is 28.7. The lowest BCUT2D eigenvalue weighted by molar-refractivity contribution is -0.149. The molecule has 0 aromatic rings. The van der Waals surface area contributed by atoms with Gasteiger partial charge in [-0.1, -0.05) is 6.42 Å². The Morgan fingerprint density at radius 2 is 1.65 bits per heavy atom. The molecule has 9 heteroatoms. The SMILES string of the molecule is O=C(C1CCC(C2NNC3C(Cl)CCCC32)CC1F)N1CCN(C(=O)C2(O)CC2)CC1. The van der Waals surface area contributed by atoms with Gasteiger partial charge in [-0.25, -0.2) is 4.39 Å². The second kappa shape index (κ2) is 8.43. The maximum Gasteiger partial charge on any atom is 0.254 e. The number of amides is 2. The summed E-state index contributed by atoms with van der Waals surface area (Å²) in [6.45, 7) is 1.67. The van der Waals surface area contributed by atoms with Crippen molar-refractivity contribution >= 4 is 23.4 Å². The average molecular weight is 457 g/mol. The quantitative estimate of drug-likeness (QED) is 0.555. The van der Waals surface area contributed by atoms with E-state index >= 15 is 4.39 Å². The molecule has 3 saturated carbocycles. The molecule has 5 aliphatic rings. The lowest BCUT2D eigenvalue weighted by Crippen LogP contribution is -2.55. The molecular weight excluding hydrogens is 423 g/mol. The topological polar surface area (TPSA) is 84.9 Å². The molecule has 2 saturated heterocycles. The molecule has 0 aromatic heterocycles. The first kappa shape index (κ1) is 21.9.